The average Bonchev–Trinajstić information content (AvgIpc) is 3.02. The van der Waals surface area contributed by atoms with Gasteiger partial charge in [0.05, 0.1) is 6.61 Å². The standard InChI is InChI=1S/C12H9ClN6O2/c13-10-16-11(19-7-14-6-15-19)18-12(17-10)21-9-3-1-8(5-20)2-4-9/h1-4,6-7,20H,5H2. The smallest absolute Gasteiger partial charge is 0.328 e. The van der Waals surface area contributed by atoms with Gasteiger partial charge in [0.1, 0.15) is 18.4 Å². The topological polar surface area (TPSA) is 98.8 Å². The number of benzene rings is 1. The summed E-state index contributed by atoms with van der Waals surface area (Å²) in [5.74, 6) is 0.716. The zero-order valence-corrected chi connectivity index (χ0v) is 11.3. The summed E-state index contributed by atoms with van der Waals surface area (Å²) in [5.41, 5.74) is 0.777. The maximum atomic E-state index is 8.99. The Bertz CT molecular complexity index is 732. The molecule has 106 valence electrons. The molecule has 0 bridgehead atoms. The molecule has 1 aromatic carbocycles. The molecule has 0 fully saturated rings. The van der Waals surface area contributed by atoms with Gasteiger partial charge in [0.2, 0.25) is 5.28 Å². The molecule has 0 radical (unpaired) electrons. The Morgan fingerprint density at radius 1 is 1.14 bits per heavy atom. The number of rotatable bonds is 4. The third kappa shape index (κ3) is 3.12. The molecule has 9 heteroatoms. The van der Waals surface area contributed by atoms with E-state index in [9.17, 15) is 0 Å². The van der Waals surface area contributed by atoms with E-state index in [4.69, 9.17) is 21.4 Å². The second-order valence-electron chi connectivity index (χ2n) is 3.93. The highest BCUT2D eigenvalue weighted by molar-refractivity contribution is 6.28. The van der Waals surface area contributed by atoms with Crippen LogP contribution in [0, 0.1) is 0 Å². The first kappa shape index (κ1) is 13.4. The summed E-state index contributed by atoms with van der Waals surface area (Å²) in [6, 6.07) is 6.89. The van der Waals surface area contributed by atoms with Crippen molar-refractivity contribution in [3.63, 3.8) is 0 Å². The van der Waals surface area contributed by atoms with Crippen molar-refractivity contribution in [1.29, 1.82) is 0 Å². The molecule has 3 aromatic rings. The van der Waals surface area contributed by atoms with Gasteiger partial charge in [-0.3, -0.25) is 0 Å². The van der Waals surface area contributed by atoms with Gasteiger partial charge in [0, 0.05) is 0 Å². The van der Waals surface area contributed by atoms with Crippen molar-refractivity contribution in [2.75, 3.05) is 0 Å². The maximum Gasteiger partial charge on any atom is 0.328 e. The second-order valence-corrected chi connectivity index (χ2v) is 4.27. The van der Waals surface area contributed by atoms with Crippen LogP contribution in [0.3, 0.4) is 0 Å². The Balaban J connectivity index is 1.88. The summed E-state index contributed by atoms with van der Waals surface area (Å²) >= 11 is 5.84. The molecule has 1 N–H and O–H groups in total. The van der Waals surface area contributed by atoms with E-state index in [2.05, 4.69) is 25.0 Å². The normalized spacial score (nSPS) is 10.6. The summed E-state index contributed by atoms with van der Waals surface area (Å²) in [6.45, 7) is -0.0334. The number of halogens is 1. The fourth-order valence-corrected chi connectivity index (χ4v) is 1.70. The van der Waals surface area contributed by atoms with Crippen molar-refractivity contribution in [1.82, 2.24) is 29.7 Å². The molecule has 21 heavy (non-hydrogen) atoms. The molecular formula is C12H9ClN6O2. The van der Waals surface area contributed by atoms with Crippen molar-refractivity contribution in [3.05, 3.63) is 47.8 Å². The number of hydrogen-bond acceptors (Lipinski definition) is 7. The van der Waals surface area contributed by atoms with Crippen molar-refractivity contribution in [2.24, 2.45) is 0 Å². The highest BCUT2D eigenvalue weighted by Gasteiger charge is 2.09. The van der Waals surface area contributed by atoms with Crippen molar-refractivity contribution in [3.8, 4) is 17.7 Å². The van der Waals surface area contributed by atoms with Gasteiger partial charge in [-0.2, -0.15) is 24.7 Å². The monoisotopic (exact) mass is 304 g/mol. The van der Waals surface area contributed by atoms with E-state index in [1.165, 1.54) is 17.3 Å². The largest absolute Gasteiger partial charge is 0.424 e. The van der Waals surface area contributed by atoms with Gasteiger partial charge in [-0.05, 0) is 29.3 Å². The molecule has 0 aliphatic heterocycles. The molecule has 8 nitrogen and oxygen atoms in total. The third-order valence-electron chi connectivity index (χ3n) is 2.51. The fraction of sp³-hybridized carbons (Fsp3) is 0.0833. The zero-order chi connectivity index (χ0) is 14.7. The predicted octanol–water partition coefficient (Wildman–Crippen LogP) is 1.39. The molecule has 2 aromatic heterocycles. The Morgan fingerprint density at radius 3 is 2.62 bits per heavy atom. The van der Waals surface area contributed by atoms with Crippen molar-refractivity contribution >= 4 is 11.6 Å². The van der Waals surface area contributed by atoms with Gasteiger partial charge >= 0.3 is 6.01 Å². The molecule has 0 amide bonds. The van der Waals surface area contributed by atoms with Crippen LogP contribution in [-0.4, -0.2) is 34.8 Å². The lowest BCUT2D eigenvalue weighted by atomic mass is 10.2. The number of aliphatic hydroxyl groups excluding tert-OH is 1. The molecule has 2 heterocycles. The first-order valence-corrected chi connectivity index (χ1v) is 6.26. The molecule has 3 rings (SSSR count). The molecule has 0 atom stereocenters. The van der Waals surface area contributed by atoms with Gasteiger partial charge in [0.25, 0.3) is 5.95 Å². The van der Waals surface area contributed by atoms with Gasteiger partial charge in [-0.15, -0.1) is 0 Å². The summed E-state index contributed by atoms with van der Waals surface area (Å²) in [5, 5.41) is 12.9. The van der Waals surface area contributed by atoms with E-state index in [0.717, 1.165) is 5.56 Å². The van der Waals surface area contributed by atoms with Crippen LogP contribution in [0.4, 0.5) is 0 Å². The lowest BCUT2D eigenvalue weighted by molar-refractivity contribution is 0.281. The minimum atomic E-state index is -0.0334. The lowest BCUT2D eigenvalue weighted by Gasteiger charge is -2.06. The second kappa shape index (κ2) is 5.81. The molecule has 0 saturated heterocycles. The van der Waals surface area contributed by atoms with Crippen LogP contribution in [0.25, 0.3) is 5.95 Å². The van der Waals surface area contributed by atoms with E-state index in [0.29, 0.717) is 5.75 Å². The van der Waals surface area contributed by atoms with E-state index >= 15 is 0 Å². The molecule has 0 aliphatic rings. The average molecular weight is 305 g/mol. The van der Waals surface area contributed by atoms with Gasteiger partial charge in [-0.1, -0.05) is 12.1 Å². The van der Waals surface area contributed by atoms with E-state index in [-0.39, 0.29) is 23.8 Å². The summed E-state index contributed by atoms with van der Waals surface area (Å²) < 4.78 is 6.85. The summed E-state index contributed by atoms with van der Waals surface area (Å²) in [6.07, 6.45) is 2.79. The van der Waals surface area contributed by atoms with Crippen LogP contribution in [0.1, 0.15) is 5.56 Å². The lowest BCUT2D eigenvalue weighted by Crippen LogP contribution is -2.05. The number of ether oxygens (including phenoxy) is 1. The van der Waals surface area contributed by atoms with Crippen molar-refractivity contribution in [2.45, 2.75) is 6.61 Å². The van der Waals surface area contributed by atoms with E-state index < -0.39 is 0 Å². The SMILES string of the molecule is OCc1ccc(Oc2nc(Cl)nc(-n3cncn3)n2)cc1. The molecular weight excluding hydrogens is 296 g/mol. The van der Waals surface area contributed by atoms with Crippen LogP contribution >= 0.6 is 11.6 Å². The Labute approximate surface area is 124 Å². The van der Waals surface area contributed by atoms with Crippen LogP contribution in [0.2, 0.25) is 5.28 Å². The minimum absolute atomic E-state index is 0.0162. The molecule has 0 aliphatic carbocycles. The maximum absolute atomic E-state index is 8.99. The quantitative estimate of drug-likeness (QED) is 0.777. The van der Waals surface area contributed by atoms with E-state index in [1.54, 1.807) is 24.3 Å². The highest BCUT2D eigenvalue weighted by Crippen LogP contribution is 2.20. The van der Waals surface area contributed by atoms with Crippen LogP contribution in [0.5, 0.6) is 11.8 Å². The Morgan fingerprint density at radius 2 is 1.95 bits per heavy atom. The third-order valence-corrected chi connectivity index (χ3v) is 2.68. The zero-order valence-electron chi connectivity index (χ0n) is 10.6. The minimum Gasteiger partial charge on any atom is -0.424 e. The first-order chi connectivity index (χ1) is 10.2. The van der Waals surface area contributed by atoms with Gasteiger partial charge in [0.15, 0.2) is 0 Å². The van der Waals surface area contributed by atoms with Crippen molar-refractivity contribution < 1.29 is 9.84 Å². The summed E-state index contributed by atoms with van der Waals surface area (Å²) in [4.78, 5) is 15.7. The fourth-order valence-electron chi connectivity index (χ4n) is 1.55. The van der Waals surface area contributed by atoms with E-state index in [1.807, 2.05) is 0 Å². The predicted molar refractivity (Wildman–Crippen MR) is 72.2 cm³/mol. The molecule has 0 spiro atoms. The number of aliphatic hydroxyl groups is 1. The van der Waals surface area contributed by atoms with Crippen LogP contribution < -0.4 is 4.74 Å². The Kier molecular flexibility index (Phi) is 3.71. The number of hydrogen-bond donors (Lipinski definition) is 1. The number of aromatic nitrogens is 6. The van der Waals surface area contributed by atoms with Crippen LogP contribution in [0.15, 0.2) is 36.9 Å². The van der Waals surface area contributed by atoms with Crippen LogP contribution in [-0.2, 0) is 6.61 Å². The first-order valence-electron chi connectivity index (χ1n) is 5.89. The highest BCUT2D eigenvalue weighted by atomic mass is 35.5. The molecule has 0 saturated carbocycles. The van der Waals surface area contributed by atoms with Gasteiger partial charge < -0.3 is 9.84 Å². The van der Waals surface area contributed by atoms with Gasteiger partial charge in [-0.25, -0.2) is 4.98 Å². The summed E-state index contributed by atoms with van der Waals surface area (Å²) in [7, 11) is 0. The molecule has 0 unspecified atom stereocenters. The number of nitrogens with zero attached hydrogens (tertiary/aromatic N) is 6. The Hall–Kier alpha value is -2.58.